The van der Waals surface area contributed by atoms with E-state index in [1.807, 2.05) is 0 Å². The Morgan fingerprint density at radius 1 is 1.28 bits per heavy atom. The summed E-state index contributed by atoms with van der Waals surface area (Å²) in [7, 11) is 1.79. The van der Waals surface area contributed by atoms with Crippen molar-refractivity contribution in [3.05, 3.63) is 0 Å². The molecular formula is C15H30N2O. The molecule has 0 heterocycles. The lowest BCUT2D eigenvalue weighted by Crippen LogP contribution is -2.44. The van der Waals surface area contributed by atoms with Gasteiger partial charge in [0.25, 0.3) is 0 Å². The van der Waals surface area contributed by atoms with Crippen LogP contribution < -0.4 is 5.73 Å². The van der Waals surface area contributed by atoms with E-state index < -0.39 is 0 Å². The molecule has 0 amide bonds. The molecule has 2 saturated carbocycles. The minimum Gasteiger partial charge on any atom is -0.383 e. The van der Waals surface area contributed by atoms with Gasteiger partial charge in [-0.05, 0) is 44.9 Å². The Morgan fingerprint density at radius 3 is 2.50 bits per heavy atom. The topological polar surface area (TPSA) is 38.5 Å². The summed E-state index contributed by atoms with van der Waals surface area (Å²) in [6.45, 7) is 5.43. The van der Waals surface area contributed by atoms with Gasteiger partial charge in [-0.15, -0.1) is 0 Å². The zero-order valence-electron chi connectivity index (χ0n) is 12.2. The van der Waals surface area contributed by atoms with Crippen LogP contribution in [0.2, 0.25) is 0 Å². The summed E-state index contributed by atoms with van der Waals surface area (Å²) in [6.07, 6.45) is 9.09. The van der Waals surface area contributed by atoms with Gasteiger partial charge in [-0.1, -0.05) is 12.8 Å². The van der Waals surface area contributed by atoms with Crippen molar-refractivity contribution in [3.63, 3.8) is 0 Å². The molecule has 0 aliphatic heterocycles. The monoisotopic (exact) mass is 254 g/mol. The van der Waals surface area contributed by atoms with Crippen molar-refractivity contribution in [2.24, 2.45) is 11.7 Å². The van der Waals surface area contributed by atoms with Crippen molar-refractivity contribution in [1.29, 1.82) is 0 Å². The lowest BCUT2D eigenvalue weighted by Gasteiger charge is -2.33. The third kappa shape index (κ3) is 3.94. The lowest BCUT2D eigenvalue weighted by atomic mass is 9.94. The Labute approximate surface area is 112 Å². The minimum absolute atomic E-state index is 0.134. The summed E-state index contributed by atoms with van der Waals surface area (Å²) in [6, 6.07) is 0.713. The molecule has 0 aromatic carbocycles. The number of nitrogens with zero attached hydrogens (tertiary/aromatic N) is 1. The van der Waals surface area contributed by atoms with Crippen molar-refractivity contribution in [3.8, 4) is 0 Å². The Balaban J connectivity index is 1.79. The molecule has 0 aromatic heterocycles. The van der Waals surface area contributed by atoms with Crippen LogP contribution >= 0.6 is 0 Å². The molecule has 2 aliphatic rings. The third-order valence-electron chi connectivity index (χ3n) is 4.96. The molecular weight excluding hydrogens is 224 g/mol. The van der Waals surface area contributed by atoms with Crippen LogP contribution in [0.4, 0.5) is 0 Å². The first-order valence-corrected chi connectivity index (χ1v) is 7.66. The van der Waals surface area contributed by atoms with E-state index >= 15 is 0 Å². The Hall–Kier alpha value is -0.120. The fraction of sp³-hybridized carbons (Fsp3) is 1.00. The van der Waals surface area contributed by atoms with Crippen molar-refractivity contribution in [2.75, 3.05) is 26.8 Å². The van der Waals surface area contributed by atoms with Gasteiger partial charge < -0.3 is 10.5 Å². The standard InChI is InChI=1S/C15H30N2O/c1-13(14-5-6-14)17(11-12-18-2)10-9-15(16)7-3-4-8-15/h13-14H,3-12,16H2,1-2H3. The van der Waals surface area contributed by atoms with Crippen molar-refractivity contribution < 1.29 is 4.74 Å². The summed E-state index contributed by atoms with van der Waals surface area (Å²) >= 11 is 0. The van der Waals surface area contributed by atoms with E-state index in [-0.39, 0.29) is 5.54 Å². The van der Waals surface area contributed by atoms with Gasteiger partial charge in [0.2, 0.25) is 0 Å². The fourth-order valence-corrected chi connectivity index (χ4v) is 3.30. The van der Waals surface area contributed by atoms with Gasteiger partial charge >= 0.3 is 0 Å². The van der Waals surface area contributed by atoms with Gasteiger partial charge in [-0.3, -0.25) is 4.90 Å². The van der Waals surface area contributed by atoms with Gasteiger partial charge in [0.05, 0.1) is 6.61 Å². The molecule has 0 bridgehead atoms. The summed E-state index contributed by atoms with van der Waals surface area (Å²) < 4.78 is 5.25. The molecule has 106 valence electrons. The van der Waals surface area contributed by atoms with E-state index in [0.29, 0.717) is 6.04 Å². The summed E-state index contributed by atoms with van der Waals surface area (Å²) in [5, 5.41) is 0. The van der Waals surface area contributed by atoms with Crippen LogP contribution in [0.25, 0.3) is 0 Å². The summed E-state index contributed by atoms with van der Waals surface area (Å²) in [4.78, 5) is 2.61. The van der Waals surface area contributed by atoms with Crippen molar-refractivity contribution in [1.82, 2.24) is 4.90 Å². The number of methoxy groups -OCH3 is 1. The predicted molar refractivity (Wildman–Crippen MR) is 75.6 cm³/mol. The minimum atomic E-state index is 0.134. The van der Waals surface area contributed by atoms with E-state index in [9.17, 15) is 0 Å². The van der Waals surface area contributed by atoms with Gasteiger partial charge in [0.15, 0.2) is 0 Å². The first-order valence-electron chi connectivity index (χ1n) is 7.66. The predicted octanol–water partition coefficient (Wildman–Crippen LogP) is 2.39. The Morgan fingerprint density at radius 2 is 1.94 bits per heavy atom. The molecule has 2 aliphatic carbocycles. The molecule has 1 atom stereocenters. The highest BCUT2D eigenvalue weighted by molar-refractivity contribution is 4.91. The molecule has 0 radical (unpaired) electrons. The van der Waals surface area contributed by atoms with Crippen LogP contribution in [0.3, 0.4) is 0 Å². The number of ether oxygens (including phenoxy) is 1. The Kier molecular flexibility index (Phi) is 5.05. The molecule has 2 fully saturated rings. The molecule has 2 N–H and O–H groups in total. The Bertz CT molecular complexity index is 247. The highest BCUT2D eigenvalue weighted by atomic mass is 16.5. The largest absolute Gasteiger partial charge is 0.383 e. The van der Waals surface area contributed by atoms with Gasteiger partial charge in [-0.25, -0.2) is 0 Å². The molecule has 0 spiro atoms. The van der Waals surface area contributed by atoms with Crippen LogP contribution in [-0.2, 0) is 4.74 Å². The molecule has 0 saturated heterocycles. The van der Waals surface area contributed by atoms with Crippen LogP contribution in [0.5, 0.6) is 0 Å². The highest BCUT2D eigenvalue weighted by Crippen LogP contribution is 2.36. The highest BCUT2D eigenvalue weighted by Gasteiger charge is 2.34. The average Bonchev–Trinajstić information content (AvgIpc) is 3.12. The lowest BCUT2D eigenvalue weighted by molar-refractivity contribution is 0.109. The van der Waals surface area contributed by atoms with Crippen LogP contribution in [0, 0.1) is 5.92 Å². The fourth-order valence-electron chi connectivity index (χ4n) is 3.30. The van der Waals surface area contributed by atoms with E-state index in [1.54, 1.807) is 7.11 Å². The summed E-state index contributed by atoms with van der Waals surface area (Å²) in [5.41, 5.74) is 6.60. The van der Waals surface area contributed by atoms with Crippen molar-refractivity contribution in [2.45, 2.75) is 63.5 Å². The molecule has 2 rings (SSSR count). The smallest absolute Gasteiger partial charge is 0.0589 e. The number of rotatable bonds is 8. The van der Waals surface area contributed by atoms with Crippen LogP contribution in [0.15, 0.2) is 0 Å². The molecule has 18 heavy (non-hydrogen) atoms. The first-order chi connectivity index (χ1) is 8.64. The normalized spacial score (nSPS) is 24.7. The van der Waals surface area contributed by atoms with Crippen molar-refractivity contribution >= 4 is 0 Å². The zero-order chi connectivity index (χ0) is 13.0. The maximum atomic E-state index is 6.47. The third-order valence-corrected chi connectivity index (χ3v) is 4.96. The number of nitrogens with two attached hydrogens (primary N) is 1. The second-order valence-corrected chi connectivity index (χ2v) is 6.43. The molecule has 3 heteroatoms. The van der Waals surface area contributed by atoms with E-state index in [0.717, 1.165) is 32.0 Å². The van der Waals surface area contributed by atoms with Gasteiger partial charge in [0, 0.05) is 31.8 Å². The second-order valence-electron chi connectivity index (χ2n) is 6.43. The molecule has 1 unspecified atom stereocenters. The van der Waals surface area contributed by atoms with Crippen LogP contribution in [0.1, 0.15) is 51.9 Å². The first kappa shape index (κ1) is 14.3. The summed E-state index contributed by atoms with van der Waals surface area (Å²) in [5.74, 6) is 0.930. The van der Waals surface area contributed by atoms with Crippen LogP contribution in [-0.4, -0.2) is 43.3 Å². The molecule has 3 nitrogen and oxygen atoms in total. The number of hydrogen-bond acceptors (Lipinski definition) is 3. The molecule has 0 aromatic rings. The zero-order valence-corrected chi connectivity index (χ0v) is 12.2. The second kappa shape index (κ2) is 6.36. The van der Waals surface area contributed by atoms with Gasteiger partial charge in [0.1, 0.15) is 0 Å². The SMILES string of the molecule is COCCN(CCC1(N)CCCC1)C(C)C1CC1. The average molecular weight is 254 g/mol. The maximum Gasteiger partial charge on any atom is 0.0589 e. The van der Waals surface area contributed by atoms with Gasteiger partial charge in [-0.2, -0.15) is 0 Å². The van der Waals surface area contributed by atoms with E-state index in [2.05, 4.69) is 11.8 Å². The van der Waals surface area contributed by atoms with E-state index in [4.69, 9.17) is 10.5 Å². The maximum absolute atomic E-state index is 6.47. The quantitative estimate of drug-likeness (QED) is 0.723. The number of hydrogen-bond donors (Lipinski definition) is 1. The van der Waals surface area contributed by atoms with E-state index in [1.165, 1.54) is 38.5 Å².